The van der Waals surface area contributed by atoms with E-state index in [2.05, 4.69) is 62.4 Å². The summed E-state index contributed by atoms with van der Waals surface area (Å²) in [5, 5.41) is 0. The van der Waals surface area contributed by atoms with Gasteiger partial charge in [0.2, 0.25) is 0 Å². The zero-order valence-electron chi connectivity index (χ0n) is 9.03. The van der Waals surface area contributed by atoms with Crippen molar-refractivity contribution in [1.82, 2.24) is 0 Å². The van der Waals surface area contributed by atoms with Gasteiger partial charge in [-0.1, -0.05) is 0 Å². The van der Waals surface area contributed by atoms with Crippen molar-refractivity contribution in [1.29, 1.82) is 0 Å². The Labute approximate surface area is 97.5 Å². The summed E-state index contributed by atoms with van der Waals surface area (Å²) in [5.41, 5.74) is 2.70. The van der Waals surface area contributed by atoms with Gasteiger partial charge in [-0.3, -0.25) is 0 Å². The molecule has 0 aliphatic rings. The van der Waals surface area contributed by atoms with Gasteiger partial charge >= 0.3 is 97.4 Å². The minimum absolute atomic E-state index is 0.442. The molecular formula is C14H14Se. The molecule has 0 unspecified atom stereocenters. The zero-order valence-corrected chi connectivity index (χ0v) is 10.7. The first-order valence-corrected chi connectivity index (χ1v) is 6.76. The van der Waals surface area contributed by atoms with Crippen molar-refractivity contribution in [2.45, 2.75) is 13.8 Å². The van der Waals surface area contributed by atoms with Crippen LogP contribution in [0.1, 0.15) is 11.1 Å². The normalized spacial score (nSPS) is 10.3. The van der Waals surface area contributed by atoms with E-state index in [0.717, 1.165) is 0 Å². The van der Waals surface area contributed by atoms with Gasteiger partial charge in [-0.2, -0.15) is 0 Å². The van der Waals surface area contributed by atoms with E-state index >= 15 is 0 Å². The van der Waals surface area contributed by atoms with Crippen molar-refractivity contribution >= 4 is 23.9 Å². The molecule has 0 heterocycles. The molecule has 0 saturated carbocycles. The standard InChI is InChI=1S/C14H14Se/c1-11-5-3-7-13(9-11)15-14-8-4-6-12(2)10-14/h3-10H,1-2H3. The summed E-state index contributed by atoms with van der Waals surface area (Å²) in [6.45, 7) is 4.30. The SMILES string of the molecule is Cc1cccc([Se]c2cccc(C)c2)c1. The summed E-state index contributed by atoms with van der Waals surface area (Å²) >= 11 is 0.442. The van der Waals surface area contributed by atoms with Crippen LogP contribution >= 0.6 is 0 Å². The zero-order chi connectivity index (χ0) is 10.7. The first-order chi connectivity index (χ1) is 7.24. The molecule has 2 rings (SSSR count). The van der Waals surface area contributed by atoms with E-state index in [9.17, 15) is 0 Å². The first-order valence-electron chi connectivity index (χ1n) is 5.05. The maximum absolute atomic E-state index is 2.28. The van der Waals surface area contributed by atoms with E-state index < -0.39 is 0 Å². The fourth-order valence-electron chi connectivity index (χ4n) is 1.49. The Morgan fingerprint density at radius 1 is 0.733 bits per heavy atom. The molecular weight excluding hydrogens is 247 g/mol. The molecule has 0 saturated heterocycles. The third-order valence-corrected chi connectivity index (χ3v) is 4.27. The number of benzene rings is 2. The molecule has 0 aliphatic carbocycles. The summed E-state index contributed by atoms with van der Waals surface area (Å²) in [5.74, 6) is 0. The van der Waals surface area contributed by atoms with E-state index in [0.29, 0.717) is 15.0 Å². The quantitative estimate of drug-likeness (QED) is 0.725. The minimum atomic E-state index is 0.442. The summed E-state index contributed by atoms with van der Waals surface area (Å²) in [6, 6.07) is 17.6. The molecule has 0 bridgehead atoms. The summed E-state index contributed by atoms with van der Waals surface area (Å²) < 4.78 is 2.90. The number of hydrogen-bond donors (Lipinski definition) is 0. The molecule has 0 aliphatic heterocycles. The summed E-state index contributed by atoms with van der Waals surface area (Å²) in [6.07, 6.45) is 0. The Balaban J connectivity index is 2.22. The average molecular weight is 261 g/mol. The van der Waals surface area contributed by atoms with Crippen LogP contribution in [0.15, 0.2) is 48.5 Å². The third-order valence-electron chi connectivity index (χ3n) is 2.21. The van der Waals surface area contributed by atoms with Crippen molar-refractivity contribution in [2.24, 2.45) is 0 Å². The molecule has 15 heavy (non-hydrogen) atoms. The van der Waals surface area contributed by atoms with Gasteiger partial charge < -0.3 is 0 Å². The Morgan fingerprint density at radius 3 is 1.60 bits per heavy atom. The monoisotopic (exact) mass is 262 g/mol. The number of rotatable bonds is 2. The molecule has 0 N–H and O–H groups in total. The van der Waals surface area contributed by atoms with Gasteiger partial charge in [0.1, 0.15) is 0 Å². The summed E-state index contributed by atoms with van der Waals surface area (Å²) in [4.78, 5) is 0. The predicted octanol–water partition coefficient (Wildman–Crippen LogP) is 1.96. The summed E-state index contributed by atoms with van der Waals surface area (Å²) in [7, 11) is 0. The maximum atomic E-state index is 2.28. The molecule has 0 fully saturated rings. The Morgan fingerprint density at radius 2 is 1.20 bits per heavy atom. The van der Waals surface area contributed by atoms with Gasteiger partial charge in [-0.15, -0.1) is 0 Å². The molecule has 0 atom stereocenters. The second-order valence-corrected chi connectivity index (χ2v) is 6.14. The number of hydrogen-bond acceptors (Lipinski definition) is 0. The van der Waals surface area contributed by atoms with Crippen LogP contribution in [-0.2, 0) is 0 Å². The first kappa shape index (κ1) is 10.5. The van der Waals surface area contributed by atoms with Crippen molar-refractivity contribution in [3.05, 3.63) is 59.7 Å². The van der Waals surface area contributed by atoms with Crippen molar-refractivity contribution < 1.29 is 0 Å². The molecule has 2 aromatic rings. The fourth-order valence-corrected chi connectivity index (χ4v) is 3.71. The van der Waals surface area contributed by atoms with Gasteiger partial charge in [-0.05, 0) is 0 Å². The van der Waals surface area contributed by atoms with Crippen molar-refractivity contribution in [3.63, 3.8) is 0 Å². The van der Waals surface area contributed by atoms with Gasteiger partial charge in [0, 0.05) is 0 Å². The molecule has 0 spiro atoms. The molecule has 0 radical (unpaired) electrons. The second kappa shape index (κ2) is 4.65. The van der Waals surface area contributed by atoms with Crippen molar-refractivity contribution in [2.75, 3.05) is 0 Å². The van der Waals surface area contributed by atoms with Crippen LogP contribution in [0.5, 0.6) is 0 Å². The molecule has 0 aromatic heterocycles. The Kier molecular flexibility index (Phi) is 3.25. The molecule has 76 valence electrons. The Hall–Kier alpha value is -1.04. The van der Waals surface area contributed by atoms with Crippen molar-refractivity contribution in [3.8, 4) is 0 Å². The van der Waals surface area contributed by atoms with E-state index in [4.69, 9.17) is 0 Å². The van der Waals surface area contributed by atoms with Gasteiger partial charge in [0.05, 0.1) is 0 Å². The van der Waals surface area contributed by atoms with E-state index in [1.165, 1.54) is 20.1 Å². The topological polar surface area (TPSA) is 0 Å². The van der Waals surface area contributed by atoms with Crippen LogP contribution in [0.25, 0.3) is 0 Å². The number of aryl methyl sites for hydroxylation is 2. The van der Waals surface area contributed by atoms with Crippen LogP contribution in [-0.4, -0.2) is 15.0 Å². The predicted molar refractivity (Wildman–Crippen MR) is 67.4 cm³/mol. The molecule has 0 amide bonds. The van der Waals surface area contributed by atoms with E-state index in [1.807, 2.05) is 0 Å². The fraction of sp³-hybridized carbons (Fsp3) is 0.143. The second-order valence-electron chi connectivity index (χ2n) is 3.74. The van der Waals surface area contributed by atoms with Gasteiger partial charge in [0.25, 0.3) is 0 Å². The van der Waals surface area contributed by atoms with Crippen LogP contribution in [0.4, 0.5) is 0 Å². The van der Waals surface area contributed by atoms with Crippen LogP contribution in [0, 0.1) is 13.8 Å². The molecule has 0 nitrogen and oxygen atoms in total. The van der Waals surface area contributed by atoms with Crippen LogP contribution < -0.4 is 8.92 Å². The molecule has 2 aromatic carbocycles. The third kappa shape index (κ3) is 2.95. The Bertz CT molecular complexity index is 417. The van der Waals surface area contributed by atoms with E-state index in [1.54, 1.807) is 0 Å². The van der Waals surface area contributed by atoms with Gasteiger partial charge in [-0.25, -0.2) is 0 Å². The van der Waals surface area contributed by atoms with E-state index in [-0.39, 0.29) is 0 Å². The average Bonchev–Trinajstić information content (AvgIpc) is 2.17. The molecule has 1 heteroatoms. The van der Waals surface area contributed by atoms with Crippen LogP contribution in [0.2, 0.25) is 0 Å². The van der Waals surface area contributed by atoms with Gasteiger partial charge in [0.15, 0.2) is 0 Å². The van der Waals surface area contributed by atoms with Crippen LogP contribution in [0.3, 0.4) is 0 Å².